The van der Waals surface area contributed by atoms with Crippen LogP contribution < -0.4 is 10.5 Å². The van der Waals surface area contributed by atoms with E-state index in [1.54, 1.807) is 12.1 Å². The van der Waals surface area contributed by atoms with E-state index in [0.29, 0.717) is 18.0 Å². The van der Waals surface area contributed by atoms with E-state index in [2.05, 4.69) is 0 Å². The Kier molecular flexibility index (Phi) is 2.21. The van der Waals surface area contributed by atoms with Crippen molar-refractivity contribution in [3.8, 4) is 11.5 Å². The third-order valence-electron chi connectivity index (χ3n) is 1.28. The number of phenolic OH excluding ortho intramolecular Hbond substituents is 1. The number of ether oxygens (including phenoxy) is 1. The highest BCUT2D eigenvalue weighted by Crippen LogP contribution is 2.27. The summed E-state index contributed by atoms with van der Waals surface area (Å²) >= 11 is 0. The third-order valence-corrected chi connectivity index (χ3v) is 1.28. The molecule has 0 heterocycles. The van der Waals surface area contributed by atoms with Crippen LogP contribution >= 0.6 is 0 Å². The molecule has 1 rings (SSSR count). The first-order valence-electron chi connectivity index (χ1n) is 3.45. The highest BCUT2D eigenvalue weighted by atomic mass is 16.5. The molecule has 0 amide bonds. The van der Waals surface area contributed by atoms with E-state index in [9.17, 15) is 5.11 Å². The van der Waals surface area contributed by atoms with Gasteiger partial charge in [0.15, 0.2) is 11.5 Å². The molecule has 0 bridgehead atoms. The molecule has 0 radical (unpaired) electrons. The first-order valence-corrected chi connectivity index (χ1v) is 3.45. The number of hydrogen-bond donors (Lipinski definition) is 2. The average Bonchev–Trinajstić information content (AvgIpc) is 1.95. The summed E-state index contributed by atoms with van der Waals surface area (Å²) < 4.78 is 5.09. The van der Waals surface area contributed by atoms with E-state index in [1.165, 1.54) is 6.07 Å². The van der Waals surface area contributed by atoms with Gasteiger partial charge in [0.2, 0.25) is 0 Å². The van der Waals surface area contributed by atoms with Gasteiger partial charge in [-0.2, -0.15) is 0 Å². The van der Waals surface area contributed by atoms with E-state index in [1.807, 2.05) is 6.92 Å². The van der Waals surface area contributed by atoms with E-state index in [-0.39, 0.29) is 5.75 Å². The van der Waals surface area contributed by atoms with Gasteiger partial charge in [0.05, 0.1) is 6.61 Å². The van der Waals surface area contributed by atoms with Gasteiger partial charge < -0.3 is 15.6 Å². The fourth-order valence-corrected chi connectivity index (χ4v) is 0.812. The summed E-state index contributed by atoms with van der Waals surface area (Å²) in [6, 6.07) is 4.80. The molecule has 1 aromatic rings. The summed E-state index contributed by atoms with van der Waals surface area (Å²) in [5.74, 6) is 0.563. The summed E-state index contributed by atoms with van der Waals surface area (Å²) in [5.41, 5.74) is 5.94. The molecule has 11 heavy (non-hydrogen) atoms. The number of phenols is 1. The van der Waals surface area contributed by atoms with Crippen molar-refractivity contribution in [3.63, 3.8) is 0 Å². The lowest BCUT2D eigenvalue weighted by molar-refractivity contribution is 0.318. The van der Waals surface area contributed by atoms with Gasteiger partial charge in [-0.25, -0.2) is 0 Å². The Morgan fingerprint density at radius 3 is 2.82 bits per heavy atom. The average molecular weight is 153 g/mol. The number of rotatable bonds is 2. The van der Waals surface area contributed by atoms with Crippen LogP contribution in [0.2, 0.25) is 0 Å². The molecule has 0 aliphatic carbocycles. The summed E-state index contributed by atoms with van der Waals surface area (Å²) in [7, 11) is 0. The van der Waals surface area contributed by atoms with Crippen molar-refractivity contribution in [2.45, 2.75) is 6.92 Å². The molecular formula is C8H11NO2. The lowest BCUT2D eigenvalue weighted by atomic mass is 10.3. The molecule has 3 N–H and O–H groups in total. The summed E-state index contributed by atoms with van der Waals surface area (Å²) in [4.78, 5) is 0. The van der Waals surface area contributed by atoms with Crippen LogP contribution in [-0.2, 0) is 0 Å². The Morgan fingerprint density at radius 2 is 2.27 bits per heavy atom. The minimum absolute atomic E-state index is 0.0897. The molecule has 0 saturated heterocycles. The van der Waals surface area contributed by atoms with Crippen molar-refractivity contribution >= 4 is 5.69 Å². The Hall–Kier alpha value is -1.38. The molecular weight excluding hydrogens is 142 g/mol. The van der Waals surface area contributed by atoms with Gasteiger partial charge in [0.1, 0.15) is 0 Å². The zero-order valence-electron chi connectivity index (χ0n) is 6.37. The van der Waals surface area contributed by atoms with Crippen LogP contribution in [0, 0.1) is 0 Å². The Morgan fingerprint density at radius 1 is 1.55 bits per heavy atom. The molecule has 0 saturated carbocycles. The van der Waals surface area contributed by atoms with E-state index >= 15 is 0 Å². The van der Waals surface area contributed by atoms with Crippen LogP contribution in [0.25, 0.3) is 0 Å². The number of aromatic hydroxyl groups is 1. The standard InChI is InChI=1S/C8H11NO2/c1-2-11-8-4-3-6(9)5-7(8)10/h3-5,10H,2,9H2,1H3. The Bertz CT molecular complexity index is 248. The van der Waals surface area contributed by atoms with Gasteiger partial charge in [0.25, 0.3) is 0 Å². The van der Waals surface area contributed by atoms with Crippen molar-refractivity contribution in [1.82, 2.24) is 0 Å². The van der Waals surface area contributed by atoms with Gasteiger partial charge in [-0.1, -0.05) is 0 Å². The monoisotopic (exact) mass is 153 g/mol. The molecule has 0 aliphatic heterocycles. The van der Waals surface area contributed by atoms with Crippen molar-refractivity contribution in [2.24, 2.45) is 0 Å². The molecule has 0 fully saturated rings. The van der Waals surface area contributed by atoms with Gasteiger partial charge >= 0.3 is 0 Å². The first kappa shape index (κ1) is 7.72. The summed E-state index contributed by atoms with van der Waals surface area (Å²) in [6.07, 6.45) is 0. The second kappa shape index (κ2) is 3.14. The molecule has 3 nitrogen and oxygen atoms in total. The van der Waals surface area contributed by atoms with Crippen molar-refractivity contribution in [1.29, 1.82) is 0 Å². The van der Waals surface area contributed by atoms with E-state index in [0.717, 1.165) is 0 Å². The van der Waals surface area contributed by atoms with Crippen molar-refractivity contribution in [2.75, 3.05) is 12.3 Å². The van der Waals surface area contributed by atoms with Crippen LogP contribution in [0.5, 0.6) is 11.5 Å². The largest absolute Gasteiger partial charge is 0.504 e. The van der Waals surface area contributed by atoms with E-state index < -0.39 is 0 Å². The summed E-state index contributed by atoms with van der Waals surface area (Å²) in [6.45, 7) is 2.40. The number of nitrogens with two attached hydrogens (primary N) is 1. The molecule has 0 atom stereocenters. The second-order valence-corrected chi connectivity index (χ2v) is 2.16. The van der Waals surface area contributed by atoms with Crippen LogP contribution in [-0.4, -0.2) is 11.7 Å². The predicted molar refractivity (Wildman–Crippen MR) is 43.7 cm³/mol. The van der Waals surface area contributed by atoms with Crippen molar-refractivity contribution in [3.05, 3.63) is 18.2 Å². The molecule has 0 aromatic heterocycles. The normalized spacial score (nSPS) is 9.55. The van der Waals surface area contributed by atoms with Crippen LogP contribution in [0.4, 0.5) is 5.69 Å². The SMILES string of the molecule is CCOc1ccc(N)cc1O. The molecule has 1 aromatic carbocycles. The first-order chi connectivity index (χ1) is 5.24. The summed E-state index contributed by atoms with van der Waals surface area (Å²) in [5, 5.41) is 9.22. The van der Waals surface area contributed by atoms with Crippen LogP contribution in [0.1, 0.15) is 6.92 Å². The second-order valence-electron chi connectivity index (χ2n) is 2.16. The highest BCUT2D eigenvalue weighted by Gasteiger charge is 1.99. The highest BCUT2D eigenvalue weighted by molar-refractivity contribution is 5.51. The minimum atomic E-state index is 0.0897. The lowest BCUT2D eigenvalue weighted by Gasteiger charge is -2.04. The molecule has 3 heteroatoms. The Balaban J connectivity index is 2.90. The fraction of sp³-hybridized carbons (Fsp3) is 0.250. The van der Waals surface area contributed by atoms with Gasteiger partial charge in [-0.15, -0.1) is 0 Å². The van der Waals surface area contributed by atoms with Crippen LogP contribution in [0.3, 0.4) is 0 Å². The lowest BCUT2D eigenvalue weighted by Crippen LogP contribution is -1.92. The van der Waals surface area contributed by atoms with Crippen LogP contribution in [0.15, 0.2) is 18.2 Å². The van der Waals surface area contributed by atoms with E-state index in [4.69, 9.17) is 10.5 Å². The van der Waals surface area contributed by atoms with Crippen molar-refractivity contribution < 1.29 is 9.84 Å². The maximum atomic E-state index is 9.22. The van der Waals surface area contributed by atoms with Gasteiger partial charge in [-0.3, -0.25) is 0 Å². The third kappa shape index (κ3) is 1.77. The zero-order valence-corrected chi connectivity index (χ0v) is 6.37. The van der Waals surface area contributed by atoms with Gasteiger partial charge in [0, 0.05) is 11.8 Å². The zero-order chi connectivity index (χ0) is 8.27. The maximum Gasteiger partial charge on any atom is 0.161 e. The smallest absolute Gasteiger partial charge is 0.161 e. The number of nitrogen functional groups attached to an aromatic ring is 1. The Labute approximate surface area is 65.4 Å². The van der Waals surface area contributed by atoms with Gasteiger partial charge in [-0.05, 0) is 19.1 Å². The molecule has 0 aliphatic rings. The molecule has 60 valence electrons. The minimum Gasteiger partial charge on any atom is -0.504 e. The fourth-order valence-electron chi connectivity index (χ4n) is 0.812. The topological polar surface area (TPSA) is 55.5 Å². The predicted octanol–water partition coefficient (Wildman–Crippen LogP) is 1.37. The number of hydrogen-bond acceptors (Lipinski definition) is 3. The maximum absolute atomic E-state index is 9.22. The molecule has 0 unspecified atom stereocenters. The quantitative estimate of drug-likeness (QED) is 0.631. The molecule has 0 spiro atoms. The number of benzene rings is 1. The number of anilines is 1.